The van der Waals surface area contributed by atoms with E-state index >= 15 is 0 Å². The Morgan fingerprint density at radius 2 is 1.96 bits per heavy atom. The van der Waals surface area contributed by atoms with Crippen LogP contribution in [-0.2, 0) is 11.2 Å². The summed E-state index contributed by atoms with van der Waals surface area (Å²) >= 11 is 3.41. The molecule has 1 aliphatic rings. The number of carbonyl (C=O) groups is 1. The monoisotopic (exact) mass is 390 g/mol. The lowest BCUT2D eigenvalue weighted by atomic mass is 9.98. The van der Waals surface area contributed by atoms with E-state index in [0.29, 0.717) is 0 Å². The zero-order valence-electron chi connectivity index (χ0n) is 13.7. The summed E-state index contributed by atoms with van der Waals surface area (Å²) in [5, 5.41) is 6.72. The molecule has 26 heavy (non-hydrogen) atoms. The van der Waals surface area contributed by atoms with E-state index in [9.17, 15) is 13.6 Å². The first-order valence-electron chi connectivity index (χ1n) is 8.20. The molecule has 1 atom stereocenters. The molecule has 7 heteroatoms. The number of carbonyl (C=O) groups excluding carboxylic acids is 1. The maximum Gasteiger partial charge on any atom is 0.238 e. The van der Waals surface area contributed by atoms with Crippen molar-refractivity contribution >= 4 is 34.3 Å². The van der Waals surface area contributed by atoms with E-state index in [-0.39, 0.29) is 24.2 Å². The molecular formula is C19H16F2N2OS2. The molecule has 0 unspecified atom stereocenters. The third-order valence-electron chi connectivity index (χ3n) is 4.37. The molecular weight excluding hydrogens is 374 g/mol. The zero-order valence-corrected chi connectivity index (χ0v) is 15.4. The highest BCUT2D eigenvalue weighted by Crippen LogP contribution is 2.39. The van der Waals surface area contributed by atoms with E-state index in [1.807, 2.05) is 11.4 Å². The first-order valence-corrected chi connectivity index (χ1v) is 9.96. The number of anilines is 1. The average Bonchev–Trinajstić information content (AvgIpc) is 3.24. The van der Waals surface area contributed by atoms with Gasteiger partial charge in [-0.15, -0.1) is 22.7 Å². The maximum atomic E-state index is 13.3. The lowest BCUT2D eigenvalue weighted by Gasteiger charge is -2.34. The molecule has 0 fully saturated rings. The van der Waals surface area contributed by atoms with Gasteiger partial charge in [-0.1, -0.05) is 6.07 Å². The predicted molar refractivity (Wildman–Crippen MR) is 101 cm³/mol. The Hall–Kier alpha value is -2.09. The van der Waals surface area contributed by atoms with Crippen LogP contribution >= 0.6 is 22.7 Å². The number of nitrogens with zero attached hydrogens (tertiary/aromatic N) is 1. The summed E-state index contributed by atoms with van der Waals surface area (Å²) in [6, 6.07) is 9.26. The van der Waals surface area contributed by atoms with Crippen LogP contribution in [0.5, 0.6) is 0 Å². The molecule has 3 nitrogen and oxygen atoms in total. The van der Waals surface area contributed by atoms with E-state index in [1.54, 1.807) is 22.7 Å². The summed E-state index contributed by atoms with van der Waals surface area (Å²) in [6.07, 6.45) is 0.900. The van der Waals surface area contributed by atoms with Crippen LogP contribution in [0.25, 0.3) is 0 Å². The van der Waals surface area contributed by atoms with Crippen LogP contribution in [0.3, 0.4) is 0 Å². The third kappa shape index (κ3) is 3.56. The largest absolute Gasteiger partial charge is 0.325 e. The van der Waals surface area contributed by atoms with Gasteiger partial charge in [0.15, 0.2) is 0 Å². The second-order valence-corrected chi connectivity index (χ2v) is 8.12. The van der Waals surface area contributed by atoms with Crippen LogP contribution in [0.2, 0.25) is 0 Å². The second-order valence-electron chi connectivity index (χ2n) is 6.14. The van der Waals surface area contributed by atoms with E-state index < -0.39 is 11.6 Å². The predicted octanol–water partition coefficient (Wildman–Crippen LogP) is 4.67. The summed E-state index contributed by atoms with van der Waals surface area (Å²) in [5.41, 5.74) is 1.38. The van der Waals surface area contributed by atoms with Gasteiger partial charge in [0.1, 0.15) is 11.6 Å². The number of benzene rings is 1. The Morgan fingerprint density at radius 3 is 2.69 bits per heavy atom. The van der Waals surface area contributed by atoms with Gasteiger partial charge in [0.25, 0.3) is 0 Å². The summed E-state index contributed by atoms with van der Waals surface area (Å²) in [7, 11) is 0. The summed E-state index contributed by atoms with van der Waals surface area (Å²) < 4.78 is 26.6. The molecule has 0 bridgehead atoms. The van der Waals surface area contributed by atoms with Crippen LogP contribution in [0, 0.1) is 11.6 Å². The number of hydrogen-bond acceptors (Lipinski definition) is 4. The quantitative estimate of drug-likeness (QED) is 0.702. The molecule has 0 saturated heterocycles. The molecule has 134 valence electrons. The fourth-order valence-electron chi connectivity index (χ4n) is 3.33. The first-order chi connectivity index (χ1) is 12.6. The second kappa shape index (κ2) is 7.26. The molecule has 0 aliphatic carbocycles. The number of rotatable bonds is 4. The summed E-state index contributed by atoms with van der Waals surface area (Å²) in [5.74, 6) is -1.70. The third-order valence-corrected chi connectivity index (χ3v) is 6.29. The van der Waals surface area contributed by atoms with Crippen molar-refractivity contribution < 1.29 is 13.6 Å². The van der Waals surface area contributed by atoms with E-state index in [0.717, 1.165) is 31.2 Å². The minimum Gasteiger partial charge on any atom is -0.325 e. The van der Waals surface area contributed by atoms with Gasteiger partial charge in [-0.2, -0.15) is 0 Å². The summed E-state index contributed by atoms with van der Waals surface area (Å²) in [6.45, 7) is 0.928. The van der Waals surface area contributed by atoms with Crippen molar-refractivity contribution in [1.82, 2.24) is 4.90 Å². The van der Waals surface area contributed by atoms with Crippen LogP contribution in [0.1, 0.15) is 21.4 Å². The zero-order chi connectivity index (χ0) is 18.1. The van der Waals surface area contributed by atoms with E-state index in [1.165, 1.54) is 15.3 Å². The van der Waals surface area contributed by atoms with Crippen molar-refractivity contribution in [1.29, 1.82) is 0 Å². The number of hydrogen-bond donors (Lipinski definition) is 1. The van der Waals surface area contributed by atoms with Gasteiger partial charge >= 0.3 is 0 Å². The number of thiophene rings is 2. The number of fused-ring (bicyclic) bond motifs is 1. The fraction of sp³-hybridized carbons (Fsp3) is 0.211. The van der Waals surface area contributed by atoms with Crippen molar-refractivity contribution in [2.45, 2.75) is 12.5 Å². The Bertz CT molecular complexity index is 903. The highest BCUT2D eigenvalue weighted by Gasteiger charge is 2.31. The molecule has 1 aromatic carbocycles. The highest BCUT2D eigenvalue weighted by molar-refractivity contribution is 7.10. The normalized spacial score (nSPS) is 17.1. The molecule has 3 heterocycles. The van der Waals surface area contributed by atoms with Crippen LogP contribution in [0.4, 0.5) is 14.5 Å². The van der Waals surface area contributed by atoms with Crippen LogP contribution < -0.4 is 5.32 Å². The van der Waals surface area contributed by atoms with Gasteiger partial charge in [-0.3, -0.25) is 9.69 Å². The molecule has 2 aromatic heterocycles. The lowest BCUT2D eigenvalue weighted by molar-refractivity contribution is -0.117. The molecule has 3 aromatic rings. The SMILES string of the molecule is O=C(CN1CCc2sccc2[C@H]1c1cccs1)Nc1cc(F)cc(F)c1. The molecule has 0 radical (unpaired) electrons. The van der Waals surface area contributed by atoms with Crippen molar-refractivity contribution in [2.24, 2.45) is 0 Å². The van der Waals surface area contributed by atoms with Crippen molar-refractivity contribution in [3.05, 3.63) is 74.1 Å². The van der Waals surface area contributed by atoms with Crippen molar-refractivity contribution in [3.63, 3.8) is 0 Å². The smallest absolute Gasteiger partial charge is 0.238 e. The fourth-order valence-corrected chi connectivity index (χ4v) is 5.11. The molecule has 1 amide bonds. The van der Waals surface area contributed by atoms with Gasteiger partial charge in [0.05, 0.1) is 12.6 Å². The van der Waals surface area contributed by atoms with Crippen LogP contribution in [0.15, 0.2) is 47.2 Å². The van der Waals surface area contributed by atoms with Gasteiger partial charge in [-0.05, 0) is 47.0 Å². The van der Waals surface area contributed by atoms with E-state index in [4.69, 9.17) is 0 Å². The molecule has 4 rings (SSSR count). The topological polar surface area (TPSA) is 32.3 Å². The van der Waals surface area contributed by atoms with Crippen molar-refractivity contribution in [2.75, 3.05) is 18.4 Å². The molecule has 1 N–H and O–H groups in total. The van der Waals surface area contributed by atoms with Gasteiger partial charge in [0.2, 0.25) is 5.91 Å². The lowest BCUT2D eigenvalue weighted by Crippen LogP contribution is -2.40. The minimum absolute atomic E-state index is 0.0417. The summed E-state index contributed by atoms with van der Waals surface area (Å²) in [4.78, 5) is 17.1. The molecule has 0 spiro atoms. The van der Waals surface area contributed by atoms with E-state index in [2.05, 4.69) is 27.7 Å². The number of nitrogens with one attached hydrogen (secondary N) is 1. The Labute approximate surface area is 157 Å². The Balaban J connectivity index is 1.54. The number of amides is 1. The maximum absolute atomic E-state index is 13.3. The first kappa shape index (κ1) is 17.3. The Kier molecular flexibility index (Phi) is 4.84. The highest BCUT2D eigenvalue weighted by atomic mass is 32.1. The molecule has 1 aliphatic heterocycles. The van der Waals surface area contributed by atoms with Gasteiger partial charge in [-0.25, -0.2) is 8.78 Å². The Morgan fingerprint density at radius 1 is 1.15 bits per heavy atom. The van der Waals surface area contributed by atoms with Crippen molar-refractivity contribution in [3.8, 4) is 0 Å². The van der Waals surface area contributed by atoms with Gasteiger partial charge < -0.3 is 5.32 Å². The minimum atomic E-state index is -0.711. The van der Waals surface area contributed by atoms with Gasteiger partial charge in [0, 0.05) is 28.1 Å². The standard InChI is InChI=1S/C19H16F2N2OS2/c20-12-8-13(21)10-14(9-12)22-18(24)11-23-5-3-16-15(4-7-26-16)19(23)17-2-1-6-25-17/h1-2,4,6-10,19H,3,5,11H2,(H,22,24)/t19-/m0/s1. The molecule has 0 saturated carbocycles. The number of halogens is 2. The average molecular weight is 390 g/mol. The van der Waals surface area contributed by atoms with Crippen LogP contribution in [-0.4, -0.2) is 23.9 Å².